The third kappa shape index (κ3) is 3.20. The Balaban J connectivity index is 1.38. The van der Waals surface area contributed by atoms with Crippen LogP contribution in [0, 0.1) is 0 Å². The molecule has 0 saturated carbocycles. The van der Waals surface area contributed by atoms with Crippen molar-refractivity contribution in [1.29, 1.82) is 0 Å². The summed E-state index contributed by atoms with van der Waals surface area (Å²) in [6, 6.07) is 13.3. The van der Waals surface area contributed by atoms with Crippen molar-refractivity contribution in [3.8, 4) is 0 Å². The molecule has 1 aromatic heterocycles. The average Bonchev–Trinajstić information content (AvgIpc) is 3.28. The molecular weight excluding hydrogens is 348 g/mol. The lowest BCUT2D eigenvalue weighted by Crippen LogP contribution is -2.33. The van der Waals surface area contributed by atoms with Crippen LogP contribution in [0.3, 0.4) is 0 Å². The summed E-state index contributed by atoms with van der Waals surface area (Å²) in [4.78, 5) is 41.5. The minimum Gasteiger partial charge on any atom is -0.440 e. The smallest absolute Gasteiger partial charge is 0.339 e. The molecule has 2 aromatic carbocycles. The minimum atomic E-state index is -0.612. The summed E-state index contributed by atoms with van der Waals surface area (Å²) < 4.78 is 6.81. The molecule has 27 heavy (non-hydrogen) atoms. The number of hydrogen-bond acceptors (Lipinski definition) is 6. The van der Waals surface area contributed by atoms with E-state index in [0.717, 1.165) is 10.5 Å². The number of amides is 2. The topological polar surface area (TPSA) is 94.4 Å². The molecular formula is C19H14N4O4. The van der Waals surface area contributed by atoms with Gasteiger partial charge in [0.15, 0.2) is 6.73 Å². The Morgan fingerprint density at radius 3 is 2.22 bits per heavy atom. The van der Waals surface area contributed by atoms with Crippen molar-refractivity contribution < 1.29 is 19.1 Å². The third-order valence-corrected chi connectivity index (χ3v) is 4.20. The van der Waals surface area contributed by atoms with E-state index >= 15 is 0 Å². The van der Waals surface area contributed by atoms with E-state index in [1.165, 1.54) is 6.33 Å². The minimum absolute atomic E-state index is 0.316. The van der Waals surface area contributed by atoms with E-state index in [1.807, 2.05) is 0 Å². The standard InChI is InChI=1S/C19H14N4O4/c24-17-15-3-1-2-4-16(15)18(25)23(17)12-27-19(26)14-7-5-13(6-8-14)9-22-11-20-10-21-22/h1-8,10-11H,9,12H2. The Bertz CT molecular complexity index is 977. The normalized spacial score (nSPS) is 13.0. The quantitative estimate of drug-likeness (QED) is 0.507. The molecule has 4 rings (SSSR count). The van der Waals surface area contributed by atoms with Crippen LogP contribution in [0.1, 0.15) is 36.6 Å². The van der Waals surface area contributed by atoms with Crippen molar-refractivity contribution in [1.82, 2.24) is 19.7 Å². The van der Waals surface area contributed by atoms with Crippen LogP contribution in [0.4, 0.5) is 0 Å². The van der Waals surface area contributed by atoms with E-state index in [2.05, 4.69) is 10.1 Å². The lowest BCUT2D eigenvalue weighted by Gasteiger charge is -2.14. The van der Waals surface area contributed by atoms with Gasteiger partial charge < -0.3 is 4.74 Å². The molecule has 3 aromatic rings. The zero-order valence-corrected chi connectivity index (χ0v) is 14.1. The van der Waals surface area contributed by atoms with Gasteiger partial charge in [-0.3, -0.25) is 9.59 Å². The molecule has 1 aliphatic heterocycles. The number of carbonyl (C=O) groups is 3. The molecule has 8 heteroatoms. The SMILES string of the molecule is O=C(OCN1C(=O)c2ccccc2C1=O)c1ccc(Cn2cncn2)cc1. The van der Waals surface area contributed by atoms with Crippen LogP contribution in [-0.4, -0.2) is 44.2 Å². The summed E-state index contributed by atoms with van der Waals surface area (Å²) in [6.07, 6.45) is 3.05. The van der Waals surface area contributed by atoms with Crippen LogP contribution < -0.4 is 0 Å². The lowest BCUT2D eigenvalue weighted by molar-refractivity contribution is 0.0228. The summed E-state index contributed by atoms with van der Waals surface area (Å²) in [7, 11) is 0. The van der Waals surface area contributed by atoms with Crippen LogP contribution in [0.2, 0.25) is 0 Å². The molecule has 0 saturated heterocycles. The van der Waals surface area contributed by atoms with Crippen molar-refractivity contribution >= 4 is 17.8 Å². The maximum Gasteiger partial charge on any atom is 0.339 e. The van der Waals surface area contributed by atoms with E-state index in [0.29, 0.717) is 23.2 Å². The zero-order valence-electron chi connectivity index (χ0n) is 14.1. The third-order valence-electron chi connectivity index (χ3n) is 4.20. The summed E-state index contributed by atoms with van der Waals surface area (Å²) in [5.41, 5.74) is 1.90. The van der Waals surface area contributed by atoms with Crippen LogP contribution >= 0.6 is 0 Å². The second-order valence-corrected chi connectivity index (χ2v) is 5.93. The van der Waals surface area contributed by atoms with Crippen LogP contribution in [-0.2, 0) is 11.3 Å². The Labute approximate surface area is 154 Å². The van der Waals surface area contributed by atoms with E-state index < -0.39 is 24.5 Å². The number of fused-ring (bicyclic) bond motifs is 1. The van der Waals surface area contributed by atoms with Gasteiger partial charge in [-0.25, -0.2) is 19.4 Å². The summed E-state index contributed by atoms with van der Waals surface area (Å²) >= 11 is 0. The number of ether oxygens (including phenoxy) is 1. The lowest BCUT2D eigenvalue weighted by atomic mass is 10.1. The van der Waals surface area contributed by atoms with Gasteiger partial charge in [-0.15, -0.1) is 0 Å². The predicted molar refractivity (Wildman–Crippen MR) is 92.8 cm³/mol. The van der Waals surface area contributed by atoms with Gasteiger partial charge in [0.1, 0.15) is 12.7 Å². The van der Waals surface area contributed by atoms with E-state index in [-0.39, 0.29) is 0 Å². The van der Waals surface area contributed by atoms with Crippen molar-refractivity contribution in [3.63, 3.8) is 0 Å². The molecule has 0 fully saturated rings. The largest absolute Gasteiger partial charge is 0.440 e. The number of esters is 1. The second-order valence-electron chi connectivity index (χ2n) is 5.93. The summed E-state index contributed by atoms with van der Waals surface area (Å²) in [6.45, 7) is 0.107. The van der Waals surface area contributed by atoms with E-state index in [4.69, 9.17) is 4.74 Å². The number of aromatic nitrogens is 3. The van der Waals surface area contributed by atoms with Gasteiger partial charge >= 0.3 is 5.97 Å². The van der Waals surface area contributed by atoms with Gasteiger partial charge in [0.2, 0.25) is 0 Å². The number of imide groups is 1. The molecule has 0 aliphatic carbocycles. The fourth-order valence-corrected chi connectivity index (χ4v) is 2.81. The first-order valence-electron chi connectivity index (χ1n) is 8.17. The fourth-order valence-electron chi connectivity index (χ4n) is 2.81. The number of nitrogens with zero attached hydrogens (tertiary/aromatic N) is 4. The first-order valence-corrected chi connectivity index (χ1v) is 8.17. The van der Waals surface area contributed by atoms with Gasteiger partial charge in [-0.1, -0.05) is 24.3 Å². The molecule has 2 amide bonds. The van der Waals surface area contributed by atoms with Crippen LogP contribution in [0.15, 0.2) is 61.2 Å². The van der Waals surface area contributed by atoms with Crippen LogP contribution in [0.5, 0.6) is 0 Å². The number of hydrogen-bond donors (Lipinski definition) is 0. The molecule has 1 aliphatic rings. The Kier molecular flexibility index (Phi) is 4.21. The van der Waals surface area contributed by atoms with Crippen molar-refractivity contribution in [3.05, 3.63) is 83.4 Å². The highest BCUT2D eigenvalue weighted by molar-refractivity contribution is 6.21. The molecule has 0 spiro atoms. The molecule has 2 heterocycles. The van der Waals surface area contributed by atoms with Gasteiger partial charge in [0.25, 0.3) is 11.8 Å². The second kappa shape index (κ2) is 6.83. The van der Waals surface area contributed by atoms with Gasteiger partial charge in [-0.05, 0) is 29.8 Å². The fraction of sp³-hybridized carbons (Fsp3) is 0.105. The molecule has 0 atom stereocenters. The van der Waals surface area contributed by atoms with Crippen LogP contribution in [0.25, 0.3) is 0 Å². The van der Waals surface area contributed by atoms with Crippen molar-refractivity contribution in [2.45, 2.75) is 6.54 Å². The first-order chi connectivity index (χ1) is 13.1. The Morgan fingerprint density at radius 2 is 1.63 bits per heavy atom. The highest BCUT2D eigenvalue weighted by Crippen LogP contribution is 2.22. The Hall–Kier alpha value is -3.81. The molecule has 134 valence electrons. The number of rotatable bonds is 5. The van der Waals surface area contributed by atoms with E-state index in [1.54, 1.807) is 59.5 Å². The first kappa shape index (κ1) is 16.6. The van der Waals surface area contributed by atoms with E-state index in [9.17, 15) is 14.4 Å². The maximum atomic E-state index is 12.3. The van der Waals surface area contributed by atoms with Gasteiger partial charge in [-0.2, -0.15) is 5.10 Å². The molecule has 0 radical (unpaired) electrons. The van der Waals surface area contributed by atoms with Gasteiger partial charge in [0, 0.05) is 0 Å². The molecule has 0 unspecified atom stereocenters. The van der Waals surface area contributed by atoms with Gasteiger partial charge in [0.05, 0.1) is 23.2 Å². The summed E-state index contributed by atoms with van der Waals surface area (Å²) in [5.74, 6) is -1.54. The monoisotopic (exact) mass is 362 g/mol. The molecule has 0 bridgehead atoms. The molecule has 8 nitrogen and oxygen atoms in total. The highest BCUT2D eigenvalue weighted by Gasteiger charge is 2.35. The predicted octanol–water partition coefficient (Wildman–Crippen LogP) is 1.74. The van der Waals surface area contributed by atoms with Crippen molar-refractivity contribution in [2.75, 3.05) is 6.73 Å². The summed E-state index contributed by atoms with van der Waals surface area (Å²) in [5, 5.41) is 4.02. The Morgan fingerprint density at radius 1 is 0.963 bits per heavy atom. The molecule has 0 N–H and O–H groups in total. The highest BCUT2D eigenvalue weighted by atomic mass is 16.5. The average molecular weight is 362 g/mol. The van der Waals surface area contributed by atoms with Crippen molar-refractivity contribution in [2.24, 2.45) is 0 Å². The maximum absolute atomic E-state index is 12.3. The zero-order chi connectivity index (χ0) is 18.8. The number of benzene rings is 2. The number of carbonyl (C=O) groups excluding carboxylic acids is 3.